The fraction of sp³-hybridized carbons (Fsp3) is 0.263. The average molecular weight is 381 g/mol. The van der Waals surface area contributed by atoms with Crippen LogP contribution in [0.25, 0.3) is 0 Å². The number of hydrogen-bond acceptors (Lipinski definition) is 4. The van der Waals surface area contributed by atoms with E-state index in [1.54, 1.807) is 20.8 Å². The van der Waals surface area contributed by atoms with Gasteiger partial charge in [0.25, 0.3) is 5.91 Å². The lowest BCUT2D eigenvalue weighted by Gasteiger charge is -2.25. The van der Waals surface area contributed by atoms with E-state index in [1.165, 1.54) is 18.2 Å². The Morgan fingerprint density at radius 2 is 1.67 bits per heavy atom. The predicted molar refractivity (Wildman–Crippen MR) is 91.9 cm³/mol. The molecule has 2 aromatic carbocycles. The van der Waals surface area contributed by atoms with E-state index in [0.29, 0.717) is 12.1 Å². The highest BCUT2D eigenvalue weighted by atomic mass is 19.1. The third kappa shape index (κ3) is 5.22. The number of carbonyl (C=O) groups excluding carboxylic acids is 2. The maximum Gasteiger partial charge on any atom is 0.326 e. The van der Waals surface area contributed by atoms with Crippen LogP contribution in [0.3, 0.4) is 0 Å². The van der Waals surface area contributed by atoms with E-state index >= 15 is 0 Å². The number of ether oxygens (including phenoxy) is 1. The van der Waals surface area contributed by atoms with Crippen molar-refractivity contribution >= 4 is 17.6 Å². The minimum absolute atomic E-state index is 0.00832. The summed E-state index contributed by atoms with van der Waals surface area (Å²) < 4.78 is 46.3. The van der Waals surface area contributed by atoms with Gasteiger partial charge in [0.2, 0.25) is 0 Å². The van der Waals surface area contributed by atoms with Gasteiger partial charge < -0.3 is 9.84 Å². The first kappa shape index (κ1) is 20.3. The third-order valence-electron chi connectivity index (χ3n) is 3.31. The first-order valence-electron chi connectivity index (χ1n) is 7.95. The van der Waals surface area contributed by atoms with Crippen molar-refractivity contribution in [2.45, 2.75) is 26.4 Å². The van der Waals surface area contributed by atoms with E-state index in [2.05, 4.69) is 0 Å². The first-order chi connectivity index (χ1) is 12.5. The van der Waals surface area contributed by atoms with Crippen LogP contribution in [0.2, 0.25) is 0 Å². The molecule has 0 heterocycles. The van der Waals surface area contributed by atoms with Crippen LogP contribution in [0.15, 0.2) is 36.4 Å². The van der Waals surface area contributed by atoms with Crippen molar-refractivity contribution in [1.29, 1.82) is 0 Å². The fourth-order valence-corrected chi connectivity index (χ4v) is 2.33. The van der Waals surface area contributed by atoms with Crippen LogP contribution >= 0.6 is 0 Å². The van der Waals surface area contributed by atoms with Gasteiger partial charge in [0.15, 0.2) is 0 Å². The van der Waals surface area contributed by atoms with Crippen molar-refractivity contribution in [3.63, 3.8) is 0 Å². The molecule has 2 rings (SSSR count). The standard InChI is InChI=1S/C19H18F3NO4/c1-19(2,3)27-16(25)10-23(12-5-4-6-13(24)9-12)18(26)17-14(21)7-11(20)8-15(17)22/h4-9,24H,10H2,1-3H3. The second-order valence-electron chi connectivity index (χ2n) is 6.74. The number of rotatable bonds is 4. The maximum absolute atomic E-state index is 14.0. The van der Waals surface area contributed by atoms with Crippen molar-refractivity contribution < 1.29 is 32.6 Å². The normalized spacial score (nSPS) is 11.2. The van der Waals surface area contributed by atoms with Crippen LogP contribution in [0, 0.1) is 17.5 Å². The lowest BCUT2D eigenvalue weighted by Crippen LogP contribution is -2.39. The lowest BCUT2D eigenvalue weighted by molar-refractivity contribution is -0.152. The van der Waals surface area contributed by atoms with Gasteiger partial charge in [-0.05, 0) is 32.9 Å². The molecule has 27 heavy (non-hydrogen) atoms. The van der Waals surface area contributed by atoms with Crippen molar-refractivity contribution in [3.8, 4) is 5.75 Å². The van der Waals surface area contributed by atoms with Crippen LogP contribution in [0.1, 0.15) is 31.1 Å². The number of amides is 1. The third-order valence-corrected chi connectivity index (χ3v) is 3.31. The minimum atomic E-state index is -1.41. The highest BCUT2D eigenvalue weighted by Gasteiger charge is 2.29. The monoisotopic (exact) mass is 381 g/mol. The molecule has 0 radical (unpaired) electrons. The Morgan fingerprint density at radius 3 is 2.19 bits per heavy atom. The van der Waals surface area contributed by atoms with Gasteiger partial charge in [-0.3, -0.25) is 14.5 Å². The molecule has 0 aliphatic heterocycles. The number of nitrogens with zero attached hydrogens (tertiary/aromatic N) is 1. The summed E-state index contributed by atoms with van der Waals surface area (Å²) in [5.74, 6) is -6.28. The smallest absolute Gasteiger partial charge is 0.326 e. The van der Waals surface area contributed by atoms with E-state index in [9.17, 15) is 27.9 Å². The highest BCUT2D eigenvalue weighted by molar-refractivity contribution is 6.08. The van der Waals surface area contributed by atoms with E-state index in [4.69, 9.17) is 4.74 Å². The van der Waals surface area contributed by atoms with Crippen LogP contribution in [0.5, 0.6) is 5.75 Å². The Balaban J connectivity index is 2.46. The van der Waals surface area contributed by atoms with Gasteiger partial charge in [0.05, 0.1) is 0 Å². The molecule has 5 nitrogen and oxygen atoms in total. The van der Waals surface area contributed by atoms with Crippen LogP contribution in [-0.4, -0.2) is 29.1 Å². The second-order valence-corrected chi connectivity index (χ2v) is 6.74. The molecule has 0 fully saturated rings. The number of anilines is 1. The van der Waals surface area contributed by atoms with Gasteiger partial charge in [-0.2, -0.15) is 0 Å². The Bertz CT molecular complexity index is 854. The van der Waals surface area contributed by atoms with Gasteiger partial charge in [-0.25, -0.2) is 13.2 Å². The molecule has 8 heteroatoms. The van der Waals surface area contributed by atoms with Crippen molar-refractivity contribution in [1.82, 2.24) is 0 Å². The quantitative estimate of drug-likeness (QED) is 0.819. The molecule has 0 aromatic heterocycles. The SMILES string of the molecule is CC(C)(C)OC(=O)CN(C(=O)c1c(F)cc(F)cc1F)c1cccc(O)c1. The summed E-state index contributed by atoms with van der Waals surface area (Å²) >= 11 is 0. The van der Waals surface area contributed by atoms with Crippen molar-refractivity contribution in [3.05, 3.63) is 59.4 Å². The van der Waals surface area contributed by atoms with Gasteiger partial charge in [-0.1, -0.05) is 6.07 Å². The summed E-state index contributed by atoms with van der Waals surface area (Å²) in [7, 11) is 0. The van der Waals surface area contributed by atoms with E-state index in [0.717, 1.165) is 11.0 Å². The molecule has 0 aliphatic carbocycles. The molecule has 0 bridgehead atoms. The number of carbonyl (C=O) groups is 2. The maximum atomic E-state index is 14.0. The van der Waals surface area contributed by atoms with E-state index in [-0.39, 0.29) is 11.4 Å². The summed E-state index contributed by atoms with van der Waals surface area (Å²) in [5.41, 5.74) is -1.87. The summed E-state index contributed by atoms with van der Waals surface area (Å²) in [4.78, 5) is 25.6. The predicted octanol–water partition coefficient (Wildman–Crippen LogP) is 3.80. The molecule has 144 valence electrons. The Hall–Kier alpha value is -3.03. The molecule has 0 unspecified atom stereocenters. The molecule has 1 N–H and O–H groups in total. The number of phenolic OH excluding ortho intramolecular Hbond substituents is 1. The molecular weight excluding hydrogens is 363 g/mol. The summed E-state index contributed by atoms with van der Waals surface area (Å²) in [6.45, 7) is 4.18. The number of esters is 1. The highest BCUT2D eigenvalue weighted by Crippen LogP contribution is 2.25. The summed E-state index contributed by atoms with van der Waals surface area (Å²) in [6.07, 6.45) is 0. The average Bonchev–Trinajstić information content (AvgIpc) is 2.49. The molecule has 0 spiro atoms. The van der Waals surface area contributed by atoms with E-state index in [1.807, 2.05) is 0 Å². The Kier molecular flexibility index (Phi) is 5.78. The van der Waals surface area contributed by atoms with Gasteiger partial charge in [0, 0.05) is 23.9 Å². The molecule has 1 amide bonds. The number of hydrogen-bond donors (Lipinski definition) is 1. The molecule has 0 saturated carbocycles. The number of phenols is 1. The lowest BCUT2D eigenvalue weighted by atomic mass is 10.1. The zero-order chi connectivity index (χ0) is 20.4. The topological polar surface area (TPSA) is 66.8 Å². The zero-order valence-electron chi connectivity index (χ0n) is 14.9. The summed E-state index contributed by atoms with van der Waals surface area (Å²) in [5, 5.41) is 9.63. The van der Waals surface area contributed by atoms with Crippen LogP contribution < -0.4 is 4.90 Å². The largest absolute Gasteiger partial charge is 0.508 e. The molecule has 2 aromatic rings. The first-order valence-corrected chi connectivity index (χ1v) is 7.95. The Morgan fingerprint density at radius 1 is 1.07 bits per heavy atom. The van der Waals surface area contributed by atoms with Gasteiger partial charge >= 0.3 is 5.97 Å². The zero-order valence-corrected chi connectivity index (χ0v) is 14.9. The van der Waals surface area contributed by atoms with Crippen molar-refractivity contribution in [2.24, 2.45) is 0 Å². The van der Waals surface area contributed by atoms with Gasteiger partial charge in [-0.15, -0.1) is 0 Å². The van der Waals surface area contributed by atoms with E-state index < -0.39 is 47.0 Å². The van der Waals surface area contributed by atoms with Crippen molar-refractivity contribution in [2.75, 3.05) is 11.4 Å². The van der Waals surface area contributed by atoms with Crippen LogP contribution in [-0.2, 0) is 9.53 Å². The Labute approximate surface area is 154 Å². The fourth-order valence-electron chi connectivity index (χ4n) is 2.33. The number of halogens is 3. The second kappa shape index (κ2) is 7.69. The minimum Gasteiger partial charge on any atom is -0.508 e. The number of aromatic hydroxyl groups is 1. The number of benzene rings is 2. The summed E-state index contributed by atoms with van der Waals surface area (Å²) in [6, 6.07) is 5.94. The van der Waals surface area contributed by atoms with Crippen LogP contribution in [0.4, 0.5) is 18.9 Å². The molecule has 0 atom stereocenters. The molecule has 0 aliphatic rings. The van der Waals surface area contributed by atoms with Gasteiger partial charge in [0.1, 0.15) is 40.9 Å². The molecular formula is C19H18F3NO4. The molecule has 0 saturated heterocycles.